The Hall–Kier alpha value is -1.15. The summed E-state index contributed by atoms with van der Waals surface area (Å²) in [6.45, 7) is 1.73. The van der Waals surface area contributed by atoms with E-state index in [4.69, 9.17) is 5.26 Å². The number of halogens is 1. The summed E-state index contributed by atoms with van der Waals surface area (Å²) in [4.78, 5) is 0. The highest BCUT2D eigenvalue weighted by Crippen LogP contribution is 2.36. The van der Waals surface area contributed by atoms with Gasteiger partial charge in [0, 0.05) is 15.4 Å². The minimum Gasteiger partial charge on any atom is -0.381 e. The van der Waals surface area contributed by atoms with Crippen molar-refractivity contribution in [1.82, 2.24) is 0 Å². The van der Waals surface area contributed by atoms with Crippen LogP contribution in [0.3, 0.4) is 0 Å². The highest BCUT2D eigenvalue weighted by Gasteiger charge is 2.28. The molecule has 0 saturated heterocycles. The third-order valence-corrected chi connectivity index (χ3v) is 4.40. The molecule has 1 heterocycles. The molecule has 0 aliphatic heterocycles. The minimum absolute atomic E-state index is 0.550. The monoisotopic (exact) mass is 307 g/mol. The van der Waals surface area contributed by atoms with E-state index >= 15 is 0 Å². The van der Waals surface area contributed by atoms with Gasteiger partial charge in [-0.1, -0.05) is 12.1 Å². The van der Waals surface area contributed by atoms with Crippen molar-refractivity contribution in [2.45, 2.75) is 12.5 Å². The van der Waals surface area contributed by atoms with Crippen LogP contribution in [-0.4, -0.2) is 5.11 Å². The van der Waals surface area contributed by atoms with Crippen molar-refractivity contribution in [3.05, 3.63) is 56.2 Å². The van der Waals surface area contributed by atoms with E-state index in [0.717, 1.165) is 15.6 Å². The summed E-state index contributed by atoms with van der Waals surface area (Å²) < 4.78 is 0.884. The maximum Gasteiger partial charge on any atom is 0.114 e. The topological polar surface area (TPSA) is 44.0 Å². The van der Waals surface area contributed by atoms with Gasteiger partial charge in [-0.05, 0) is 45.9 Å². The fourth-order valence-electron chi connectivity index (χ4n) is 1.68. The molecule has 2 nitrogen and oxygen atoms in total. The van der Waals surface area contributed by atoms with Crippen LogP contribution in [0.4, 0.5) is 0 Å². The van der Waals surface area contributed by atoms with Gasteiger partial charge in [0.1, 0.15) is 5.60 Å². The van der Waals surface area contributed by atoms with E-state index in [-0.39, 0.29) is 0 Å². The number of rotatable bonds is 2. The molecular weight excluding hydrogens is 298 g/mol. The number of hydrogen-bond donors (Lipinski definition) is 1. The van der Waals surface area contributed by atoms with Gasteiger partial charge < -0.3 is 5.11 Å². The number of nitrogens with zero attached hydrogens (tertiary/aromatic N) is 1. The van der Waals surface area contributed by atoms with Crippen molar-refractivity contribution in [2.24, 2.45) is 0 Å². The molecule has 0 amide bonds. The number of thiophene rings is 1. The zero-order chi connectivity index (χ0) is 12.5. The Morgan fingerprint density at radius 2 is 2.18 bits per heavy atom. The fourth-order valence-corrected chi connectivity index (χ4v) is 3.46. The van der Waals surface area contributed by atoms with Crippen LogP contribution in [0.25, 0.3) is 0 Å². The second kappa shape index (κ2) is 4.61. The second-order valence-electron chi connectivity index (χ2n) is 3.90. The van der Waals surface area contributed by atoms with Crippen LogP contribution in [0.15, 0.2) is 39.5 Å². The fraction of sp³-hybridized carbons (Fsp3) is 0.154. The van der Waals surface area contributed by atoms with E-state index in [1.165, 1.54) is 11.3 Å². The third-order valence-electron chi connectivity index (χ3n) is 2.69. The van der Waals surface area contributed by atoms with Crippen LogP contribution in [0.5, 0.6) is 0 Å². The minimum atomic E-state index is -1.09. The van der Waals surface area contributed by atoms with Crippen LogP contribution in [0.2, 0.25) is 0 Å². The Labute approximate surface area is 112 Å². The first kappa shape index (κ1) is 12.3. The Kier molecular flexibility index (Phi) is 3.34. The Balaban J connectivity index is 2.52. The summed E-state index contributed by atoms with van der Waals surface area (Å²) in [6.07, 6.45) is 0. The molecule has 0 spiro atoms. The average molecular weight is 308 g/mol. The molecule has 17 heavy (non-hydrogen) atoms. The molecule has 0 bridgehead atoms. The van der Waals surface area contributed by atoms with Gasteiger partial charge in [-0.25, -0.2) is 0 Å². The van der Waals surface area contributed by atoms with Gasteiger partial charge in [0.2, 0.25) is 0 Å². The molecule has 1 N–H and O–H groups in total. The number of hydrogen-bond acceptors (Lipinski definition) is 3. The molecular formula is C13H10BrNOS. The summed E-state index contributed by atoms with van der Waals surface area (Å²) in [6, 6.07) is 9.12. The molecule has 2 aromatic rings. The van der Waals surface area contributed by atoms with Gasteiger partial charge in [-0.2, -0.15) is 16.6 Å². The van der Waals surface area contributed by atoms with E-state index < -0.39 is 5.60 Å². The van der Waals surface area contributed by atoms with Gasteiger partial charge in [-0.3, -0.25) is 0 Å². The van der Waals surface area contributed by atoms with E-state index in [9.17, 15) is 5.11 Å². The first-order chi connectivity index (χ1) is 8.05. The molecule has 1 aromatic heterocycles. The van der Waals surface area contributed by atoms with Gasteiger partial charge in [0.15, 0.2) is 0 Å². The molecule has 0 aliphatic carbocycles. The maximum absolute atomic E-state index is 10.6. The van der Waals surface area contributed by atoms with E-state index in [1.807, 2.05) is 16.8 Å². The Morgan fingerprint density at radius 3 is 2.76 bits per heavy atom. The Bertz CT molecular complexity index is 583. The molecule has 1 atom stereocenters. The van der Waals surface area contributed by atoms with Crippen molar-refractivity contribution < 1.29 is 5.11 Å². The second-order valence-corrected chi connectivity index (χ2v) is 5.50. The SMILES string of the molecule is CC(O)(c1cccc(C#N)c1)c1cscc1Br. The molecule has 0 fully saturated rings. The Morgan fingerprint density at radius 1 is 1.41 bits per heavy atom. The molecule has 86 valence electrons. The van der Waals surface area contributed by atoms with E-state index in [0.29, 0.717) is 5.56 Å². The smallest absolute Gasteiger partial charge is 0.114 e. The van der Waals surface area contributed by atoms with Crippen molar-refractivity contribution >= 4 is 27.3 Å². The first-order valence-corrected chi connectivity index (χ1v) is 6.74. The number of aliphatic hydroxyl groups is 1. The quantitative estimate of drug-likeness (QED) is 0.920. The summed E-state index contributed by atoms with van der Waals surface area (Å²) in [5.74, 6) is 0. The van der Waals surface area contributed by atoms with Gasteiger partial charge >= 0.3 is 0 Å². The van der Waals surface area contributed by atoms with Gasteiger partial charge in [-0.15, -0.1) is 0 Å². The molecule has 0 aliphatic rings. The first-order valence-electron chi connectivity index (χ1n) is 5.01. The molecule has 1 unspecified atom stereocenters. The van der Waals surface area contributed by atoms with Gasteiger partial charge in [0.05, 0.1) is 11.6 Å². The highest BCUT2D eigenvalue weighted by molar-refractivity contribution is 9.10. The van der Waals surface area contributed by atoms with Crippen molar-refractivity contribution in [3.63, 3.8) is 0 Å². The lowest BCUT2D eigenvalue weighted by molar-refractivity contribution is 0.102. The van der Waals surface area contributed by atoms with Crippen molar-refractivity contribution in [3.8, 4) is 6.07 Å². The normalized spacial score (nSPS) is 14.0. The zero-order valence-electron chi connectivity index (χ0n) is 9.14. The largest absolute Gasteiger partial charge is 0.381 e. The summed E-state index contributed by atoms with van der Waals surface area (Å²) in [5.41, 5.74) is 0.994. The van der Waals surface area contributed by atoms with E-state index in [2.05, 4.69) is 22.0 Å². The van der Waals surface area contributed by atoms with E-state index in [1.54, 1.807) is 25.1 Å². The lowest BCUT2D eigenvalue weighted by atomic mass is 9.89. The highest BCUT2D eigenvalue weighted by atomic mass is 79.9. The van der Waals surface area contributed by atoms with Gasteiger partial charge in [0.25, 0.3) is 0 Å². The van der Waals surface area contributed by atoms with Crippen molar-refractivity contribution in [2.75, 3.05) is 0 Å². The van der Waals surface area contributed by atoms with Crippen LogP contribution in [0.1, 0.15) is 23.6 Å². The van der Waals surface area contributed by atoms with Crippen LogP contribution >= 0.6 is 27.3 Å². The number of nitriles is 1. The zero-order valence-corrected chi connectivity index (χ0v) is 11.5. The molecule has 4 heteroatoms. The molecule has 2 rings (SSSR count). The lowest BCUT2D eigenvalue weighted by Gasteiger charge is -2.24. The molecule has 0 radical (unpaired) electrons. The summed E-state index contributed by atoms with van der Waals surface area (Å²) >= 11 is 4.95. The number of benzene rings is 1. The molecule has 1 aromatic carbocycles. The third kappa shape index (κ3) is 2.27. The lowest BCUT2D eigenvalue weighted by Crippen LogP contribution is -2.22. The van der Waals surface area contributed by atoms with Crippen LogP contribution in [-0.2, 0) is 5.60 Å². The van der Waals surface area contributed by atoms with Crippen LogP contribution < -0.4 is 0 Å². The molecule has 0 saturated carbocycles. The standard InChI is InChI=1S/C13H10BrNOS/c1-13(16,11-7-17-8-12(11)14)10-4-2-3-9(5-10)6-15/h2-5,7-8,16H,1H3. The summed E-state index contributed by atoms with van der Waals surface area (Å²) in [7, 11) is 0. The van der Waals surface area contributed by atoms with Crippen molar-refractivity contribution in [1.29, 1.82) is 5.26 Å². The van der Waals surface area contributed by atoms with Crippen LogP contribution in [0, 0.1) is 11.3 Å². The predicted octanol–water partition coefficient (Wildman–Crippen LogP) is 3.64. The maximum atomic E-state index is 10.6. The average Bonchev–Trinajstić information content (AvgIpc) is 2.76. The predicted molar refractivity (Wildman–Crippen MR) is 71.8 cm³/mol. The summed E-state index contributed by atoms with van der Waals surface area (Å²) in [5, 5.41) is 23.3.